The Kier molecular flexibility index (Phi) is 7.70. The largest absolute Gasteiger partial charge is 0.508 e. The van der Waals surface area contributed by atoms with Crippen molar-refractivity contribution in [3.05, 3.63) is 58.5 Å². The number of hydrogen-bond acceptors (Lipinski definition) is 6. The van der Waals surface area contributed by atoms with Crippen LogP contribution < -0.4 is 5.32 Å². The van der Waals surface area contributed by atoms with E-state index in [1.165, 1.54) is 23.9 Å². The molecule has 0 aromatic heterocycles. The average Bonchev–Trinajstić information content (AvgIpc) is 2.97. The predicted octanol–water partition coefficient (Wildman–Crippen LogP) is 4.81. The number of carbonyl (C=O) groups is 2. The zero-order valence-electron chi connectivity index (χ0n) is 17.1. The molecule has 0 radical (unpaired) electrons. The molecule has 2 amide bonds. The summed E-state index contributed by atoms with van der Waals surface area (Å²) in [4.78, 5) is 26.7. The van der Waals surface area contributed by atoms with Gasteiger partial charge in [-0.2, -0.15) is 0 Å². The second-order valence-corrected chi connectivity index (χ2v) is 8.98. The van der Waals surface area contributed by atoms with Crippen LogP contribution in [0.5, 0.6) is 11.5 Å². The van der Waals surface area contributed by atoms with Crippen LogP contribution in [0.25, 0.3) is 6.08 Å². The normalized spacial score (nSPS) is 15.0. The molecule has 0 unspecified atom stereocenters. The van der Waals surface area contributed by atoms with Crippen molar-refractivity contribution in [1.82, 2.24) is 4.90 Å². The number of phenolic OH excluding ortho intramolecular Hbond substituents is 2. The molecule has 1 aliphatic heterocycles. The van der Waals surface area contributed by atoms with Crippen LogP contribution in [0.15, 0.2) is 47.4 Å². The number of rotatable bonds is 8. The summed E-state index contributed by atoms with van der Waals surface area (Å²) in [6.07, 6.45) is 4.26. The molecule has 2 aromatic carbocycles. The molecule has 0 bridgehead atoms. The van der Waals surface area contributed by atoms with E-state index >= 15 is 0 Å². The highest BCUT2D eigenvalue weighted by Gasteiger charge is 2.31. The lowest BCUT2D eigenvalue weighted by Gasteiger charge is -2.14. The molecule has 0 aliphatic carbocycles. The van der Waals surface area contributed by atoms with E-state index < -0.39 is 0 Å². The fraction of sp³-hybridized carbons (Fsp3) is 0.261. The minimum atomic E-state index is -0.195. The third-order valence-electron chi connectivity index (χ3n) is 4.76. The number of anilines is 1. The van der Waals surface area contributed by atoms with Gasteiger partial charge < -0.3 is 15.5 Å². The minimum absolute atomic E-state index is 0.0205. The lowest BCUT2D eigenvalue weighted by molar-refractivity contribution is -0.122. The van der Waals surface area contributed by atoms with E-state index in [1.807, 2.05) is 31.2 Å². The van der Waals surface area contributed by atoms with Gasteiger partial charge >= 0.3 is 0 Å². The van der Waals surface area contributed by atoms with Crippen molar-refractivity contribution in [3.63, 3.8) is 0 Å². The molecule has 0 saturated carbocycles. The van der Waals surface area contributed by atoms with Crippen molar-refractivity contribution in [3.8, 4) is 11.5 Å². The minimum Gasteiger partial charge on any atom is -0.508 e. The van der Waals surface area contributed by atoms with Gasteiger partial charge in [-0.1, -0.05) is 42.5 Å². The number of thioether (sulfide) groups is 1. The second kappa shape index (κ2) is 10.5. The molecule has 3 rings (SSSR count). The van der Waals surface area contributed by atoms with Crippen molar-refractivity contribution in [2.24, 2.45) is 0 Å². The standard InChI is InChI=1S/C23H24N2O4S2/c1-15-6-5-7-17(12-15)24-21(28)8-3-2-4-11-25-22(29)20(31-23(25)30)13-16-9-10-18(26)14-19(16)27/h5-7,9-10,12-14,26-27H,2-4,8,11H2,1H3,(H,24,28)/b20-13-. The molecule has 31 heavy (non-hydrogen) atoms. The van der Waals surface area contributed by atoms with E-state index in [-0.39, 0.29) is 23.3 Å². The molecule has 2 aromatic rings. The summed E-state index contributed by atoms with van der Waals surface area (Å²) in [5.41, 5.74) is 2.34. The van der Waals surface area contributed by atoms with E-state index in [2.05, 4.69) is 5.32 Å². The quantitative estimate of drug-likeness (QED) is 0.300. The Morgan fingerprint density at radius 2 is 1.97 bits per heavy atom. The average molecular weight is 457 g/mol. The van der Waals surface area contributed by atoms with E-state index in [9.17, 15) is 19.8 Å². The number of aromatic hydroxyl groups is 2. The van der Waals surface area contributed by atoms with Crippen molar-refractivity contribution < 1.29 is 19.8 Å². The second-order valence-electron chi connectivity index (χ2n) is 7.30. The van der Waals surface area contributed by atoms with Gasteiger partial charge in [-0.3, -0.25) is 14.5 Å². The van der Waals surface area contributed by atoms with E-state index in [0.717, 1.165) is 30.5 Å². The first-order chi connectivity index (χ1) is 14.8. The lowest BCUT2D eigenvalue weighted by atomic mass is 10.1. The summed E-state index contributed by atoms with van der Waals surface area (Å²) < 4.78 is 0.478. The fourth-order valence-electron chi connectivity index (χ4n) is 3.17. The number of nitrogens with zero attached hydrogens (tertiary/aromatic N) is 1. The zero-order chi connectivity index (χ0) is 22.4. The molecule has 162 valence electrons. The fourth-order valence-corrected chi connectivity index (χ4v) is 4.47. The van der Waals surface area contributed by atoms with Crippen LogP contribution in [0.4, 0.5) is 5.69 Å². The van der Waals surface area contributed by atoms with Crippen LogP contribution in [0.1, 0.15) is 36.8 Å². The van der Waals surface area contributed by atoms with Crippen LogP contribution in [-0.2, 0) is 9.59 Å². The molecular weight excluding hydrogens is 432 g/mol. The van der Waals surface area contributed by atoms with Crippen molar-refractivity contribution in [2.45, 2.75) is 32.6 Å². The van der Waals surface area contributed by atoms with Crippen LogP contribution in [-0.4, -0.2) is 37.8 Å². The highest BCUT2D eigenvalue weighted by atomic mass is 32.2. The Morgan fingerprint density at radius 1 is 1.16 bits per heavy atom. The predicted molar refractivity (Wildman–Crippen MR) is 128 cm³/mol. The van der Waals surface area contributed by atoms with Gasteiger partial charge in [-0.15, -0.1) is 0 Å². The molecule has 8 heteroatoms. The Hall–Kier alpha value is -2.84. The lowest BCUT2D eigenvalue weighted by Crippen LogP contribution is -2.29. The third-order valence-corrected chi connectivity index (χ3v) is 6.14. The molecule has 1 fully saturated rings. The molecular formula is C23H24N2O4S2. The number of amides is 2. The highest BCUT2D eigenvalue weighted by molar-refractivity contribution is 8.26. The number of aryl methyl sites for hydroxylation is 1. The summed E-state index contributed by atoms with van der Waals surface area (Å²) in [7, 11) is 0. The monoisotopic (exact) mass is 456 g/mol. The van der Waals surface area contributed by atoms with Gasteiger partial charge in [-0.25, -0.2) is 0 Å². The maximum absolute atomic E-state index is 12.7. The van der Waals surface area contributed by atoms with Gasteiger partial charge in [0, 0.05) is 30.3 Å². The van der Waals surface area contributed by atoms with Crippen LogP contribution in [0.2, 0.25) is 0 Å². The summed E-state index contributed by atoms with van der Waals surface area (Å²) in [5.74, 6) is -0.364. The van der Waals surface area contributed by atoms with Crippen molar-refractivity contribution in [1.29, 1.82) is 0 Å². The van der Waals surface area contributed by atoms with Crippen molar-refractivity contribution >= 4 is 51.9 Å². The topological polar surface area (TPSA) is 89.9 Å². The maximum atomic E-state index is 12.7. The van der Waals surface area contributed by atoms with E-state index in [4.69, 9.17) is 12.2 Å². The Labute approximate surface area is 191 Å². The number of carbonyl (C=O) groups excluding carboxylic acids is 2. The van der Waals surface area contributed by atoms with Gasteiger partial charge in [-0.05, 0) is 55.7 Å². The van der Waals surface area contributed by atoms with Gasteiger partial charge in [0.1, 0.15) is 15.8 Å². The number of hydrogen-bond donors (Lipinski definition) is 3. The molecule has 0 atom stereocenters. The van der Waals surface area contributed by atoms with Crippen LogP contribution in [0.3, 0.4) is 0 Å². The molecule has 1 heterocycles. The van der Waals surface area contributed by atoms with E-state index in [0.29, 0.717) is 27.8 Å². The van der Waals surface area contributed by atoms with E-state index in [1.54, 1.807) is 17.0 Å². The number of benzene rings is 2. The smallest absolute Gasteiger partial charge is 0.266 e. The number of nitrogens with one attached hydrogen (secondary N) is 1. The summed E-state index contributed by atoms with van der Waals surface area (Å²) in [6.45, 7) is 2.47. The van der Waals surface area contributed by atoms with Gasteiger partial charge in [0.15, 0.2) is 0 Å². The first-order valence-corrected chi connectivity index (χ1v) is 11.2. The molecule has 1 saturated heterocycles. The summed E-state index contributed by atoms with van der Waals surface area (Å²) in [5, 5.41) is 22.2. The van der Waals surface area contributed by atoms with Crippen LogP contribution in [0, 0.1) is 6.92 Å². The number of unbranched alkanes of at least 4 members (excludes halogenated alkanes) is 2. The maximum Gasteiger partial charge on any atom is 0.266 e. The zero-order valence-corrected chi connectivity index (χ0v) is 18.8. The molecule has 6 nitrogen and oxygen atoms in total. The van der Waals surface area contributed by atoms with Crippen LogP contribution >= 0.6 is 24.0 Å². The SMILES string of the molecule is Cc1cccc(NC(=O)CCCCCN2C(=O)/C(=C/c3ccc(O)cc3O)SC2=S)c1. The molecule has 0 spiro atoms. The first-order valence-electron chi connectivity index (χ1n) is 9.97. The Bertz CT molecular complexity index is 1040. The number of phenols is 2. The van der Waals surface area contributed by atoms with Gasteiger partial charge in [0.2, 0.25) is 5.91 Å². The summed E-state index contributed by atoms with van der Waals surface area (Å²) in [6, 6.07) is 11.9. The Morgan fingerprint density at radius 3 is 2.71 bits per heavy atom. The third kappa shape index (κ3) is 6.32. The highest BCUT2D eigenvalue weighted by Crippen LogP contribution is 2.35. The summed E-state index contributed by atoms with van der Waals surface area (Å²) >= 11 is 6.52. The number of thiocarbonyl (C=S) groups is 1. The van der Waals surface area contributed by atoms with Gasteiger partial charge in [0.25, 0.3) is 5.91 Å². The molecule has 1 aliphatic rings. The van der Waals surface area contributed by atoms with Gasteiger partial charge in [0.05, 0.1) is 4.91 Å². The Balaban J connectivity index is 1.44. The van der Waals surface area contributed by atoms with Crippen molar-refractivity contribution in [2.75, 3.05) is 11.9 Å². The first kappa shape index (κ1) is 22.8. The molecule has 3 N–H and O–H groups in total.